The molecule has 0 bridgehead atoms. The van der Waals surface area contributed by atoms with Crippen LogP contribution in [0.15, 0.2) is 57.3 Å². The van der Waals surface area contributed by atoms with Crippen LogP contribution in [0.2, 0.25) is 0 Å². The first kappa shape index (κ1) is 19.8. The van der Waals surface area contributed by atoms with Gasteiger partial charge in [-0.3, -0.25) is 0 Å². The van der Waals surface area contributed by atoms with E-state index in [9.17, 15) is 13.2 Å². The van der Waals surface area contributed by atoms with Crippen LogP contribution in [-0.2, 0) is 14.8 Å². The number of nitrogens with zero attached hydrogens (tertiary/aromatic N) is 2. The summed E-state index contributed by atoms with van der Waals surface area (Å²) in [6.45, 7) is 2.90. The van der Waals surface area contributed by atoms with Crippen molar-refractivity contribution < 1.29 is 22.5 Å². The first-order valence-corrected chi connectivity index (χ1v) is 11.5. The average molecular weight is 433 g/mol. The lowest BCUT2D eigenvalue weighted by atomic mass is 9.99. The Morgan fingerprint density at radius 2 is 2.07 bits per heavy atom. The van der Waals surface area contributed by atoms with Gasteiger partial charge in [-0.15, -0.1) is 11.3 Å². The summed E-state index contributed by atoms with van der Waals surface area (Å²) >= 11 is 1.10. The Bertz CT molecular complexity index is 1100. The molecule has 1 aromatic carbocycles. The second-order valence-corrected chi connectivity index (χ2v) is 9.92. The number of thiophene rings is 1. The number of carbonyl (C=O) groups is 1. The molecule has 152 valence electrons. The number of carbonyl (C=O) groups excluding carboxylic acids is 1. The highest BCUT2D eigenvalue weighted by molar-refractivity contribution is 7.91. The van der Waals surface area contributed by atoms with Crippen LogP contribution in [0, 0.1) is 0 Å². The van der Waals surface area contributed by atoms with E-state index in [0.717, 1.165) is 23.3 Å². The van der Waals surface area contributed by atoms with E-state index in [-0.39, 0.29) is 22.4 Å². The molecule has 3 heterocycles. The molecular formula is C20H20N2O5S2. The maximum Gasteiger partial charge on any atom is 0.360 e. The third-order valence-electron chi connectivity index (χ3n) is 4.84. The number of aromatic nitrogens is 1. The molecule has 7 nitrogen and oxygen atoms in total. The number of esters is 1. The maximum absolute atomic E-state index is 13.1. The molecule has 0 unspecified atom stereocenters. The lowest BCUT2D eigenvalue weighted by Gasteiger charge is -2.15. The monoisotopic (exact) mass is 432 g/mol. The number of sulfonamides is 1. The van der Waals surface area contributed by atoms with Crippen molar-refractivity contribution >= 4 is 27.3 Å². The highest BCUT2D eigenvalue weighted by Crippen LogP contribution is 2.36. The Balaban J connectivity index is 1.51. The predicted molar refractivity (Wildman–Crippen MR) is 108 cm³/mol. The molecule has 0 amide bonds. The summed E-state index contributed by atoms with van der Waals surface area (Å²) in [6, 6.07) is 14.7. The van der Waals surface area contributed by atoms with E-state index < -0.39 is 16.0 Å². The van der Waals surface area contributed by atoms with Gasteiger partial charge in [-0.05, 0) is 37.0 Å². The van der Waals surface area contributed by atoms with Crippen LogP contribution in [-0.4, -0.2) is 43.5 Å². The first-order valence-electron chi connectivity index (χ1n) is 9.28. The minimum atomic E-state index is -3.59. The summed E-state index contributed by atoms with van der Waals surface area (Å²) in [5.74, 6) is -0.0363. The first-order chi connectivity index (χ1) is 14.0. The molecule has 9 heteroatoms. The zero-order valence-electron chi connectivity index (χ0n) is 15.8. The van der Waals surface area contributed by atoms with Crippen molar-refractivity contribution in [1.29, 1.82) is 0 Å². The van der Waals surface area contributed by atoms with Crippen molar-refractivity contribution in [2.24, 2.45) is 0 Å². The number of hydrogen-bond acceptors (Lipinski definition) is 7. The van der Waals surface area contributed by atoms with Gasteiger partial charge in [-0.25, -0.2) is 13.2 Å². The fourth-order valence-electron chi connectivity index (χ4n) is 3.35. The van der Waals surface area contributed by atoms with Gasteiger partial charge < -0.3 is 9.26 Å². The second-order valence-electron chi connectivity index (χ2n) is 6.67. The highest BCUT2D eigenvalue weighted by atomic mass is 32.2. The largest absolute Gasteiger partial charge is 0.461 e. The van der Waals surface area contributed by atoms with E-state index in [1.54, 1.807) is 19.1 Å². The lowest BCUT2D eigenvalue weighted by Crippen LogP contribution is -2.28. The second kappa shape index (κ2) is 8.10. The number of rotatable bonds is 6. The van der Waals surface area contributed by atoms with Crippen LogP contribution in [0.1, 0.15) is 35.3 Å². The van der Waals surface area contributed by atoms with Crippen LogP contribution in [0.4, 0.5) is 0 Å². The van der Waals surface area contributed by atoms with Crippen molar-refractivity contribution in [3.05, 3.63) is 59.8 Å². The number of benzene rings is 1. The maximum atomic E-state index is 13.1. The molecule has 4 rings (SSSR count). The SMILES string of the molecule is CCOC(=O)c1cc(-c2ccc(S(=O)(=O)N3CC[C@@H](c4ccccc4)C3)s2)on1. The molecule has 1 aliphatic rings. The van der Waals surface area contributed by atoms with Crippen molar-refractivity contribution in [1.82, 2.24) is 9.46 Å². The lowest BCUT2D eigenvalue weighted by molar-refractivity contribution is 0.0514. The zero-order chi connectivity index (χ0) is 20.4. The summed E-state index contributed by atoms with van der Waals surface area (Å²) in [7, 11) is -3.59. The van der Waals surface area contributed by atoms with Gasteiger partial charge in [0.15, 0.2) is 11.5 Å². The van der Waals surface area contributed by atoms with E-state index in [1.807, 2.05) is 30.3 Å². The molecule has 0 saturated carbocycles. The number of hydrogen-bond donors (Lipinski definition) is 0. The quantitative estimate of drug-likeness (QED) is 0.551. The summed E-state index contributed by atoms with van der Waals surface area (Å²) in [5, 5.41) is 3.70. The molecule has 3 aromatic rings. The van der Waals surface area contributed by atoms with E-state index in [1.165, 1.54) is 10.4 Å². The molecule has 1 aliphatic heterocycles. The average Bonchev–Trinajstić information content (AvgIpc) is 3.49. The minimum absolute atomic E-state index is 0.0601. The van der Waals surface area contributed by atoms with E-state index >= 15 is 0 Å². The molecule has 0 N–H and O–H groups in total. The Hall–Kier alpha value is -2.49. The van der Waals surface area contributed by atoms with Gasteiger partial charge >= 0.3 is 5.97 Å². The molecule has 0 radical (unpaired) electrons. The zero-order valence-corrected chi connectivity index (χ0v) is 17.4. The van der Waals surface area contributed by atoms with Crippen molar-refractivity contribution in [2.75, 3.05) is 19.7 Å². The van der Waals surface area contributed by atoms with E-state index in [4.69, 9.17) is 9.26 Å². The van der Waals surface area contributed by atoms with Crippen molar-refractivity contribution in [3.63, 3.8) is 0 Å². The minimum Gasteiger partial charge on any atom is -0.461 e. The smallest absolute Gasteiger partial charge is 0.360 e. The van der Waals surface area contributed by atoms with Crippen LogP contribution < -0.4 is 0 Å². The van der Waals surface area contributed by atoms with Crippen LogP contribution in [0.25, 0.3) is 10.6 Å². The summed E-state index contributed by atoms with van der Waals surface area (Å²) in [5.41, 5.74) is 1.22. The molecular weight excluding hydrogens is 412 g/mol. The van der Waals surface area contributed by atoms with E-state index in [0.29, 0.717) is 23.7 Å². The third kappa shape index (κ3) is 3.98. The topological polar surface area (TPSA) is 89.7 Å². The number of ether oxygens (including phenoxy) is 1. The van der Waals surface area contributed by atoms with Gasteiger partial charge in [0.25, 0.3) is 10.0 Å². The van der Waals surface area contributed by atoms with Gasteiger partial charge in [-0.2, -0.15) is 4.31 Å². The Morgan fingerprint density at radius 1 is 1.28 bits per heavy atom. The van der Waals surface area contributed by atoms with Gasteiger partial charge in [-0.1, -0.05) is 35.5 Å². The highest BCUT2D eigenvalue weighted by Gasteiger charge is 2.34. The van der Waals surface area contributed by atoms with Crippen LogP contribution >= 0.6 is 11.3 Å². The molecule has 2 aromatic heterocycles. The standard InChI is InChI=1S/C20H20N2O5S2/c1-2-26-20(23)16-12-17(27-21-16)18-8-9-19(28-18)29(24,25)22-11-10-15(13-22)14-6-4-3-5-7-14/h3-9,12,15H,2,10-11,13H2,1H3/t15-/m1/s1. The van der Waals surface area contributed by atoms with Gasteiger partial charge in [0, 0.05) is 19.2 Å². The molecule has 1 fully saturated rings. The fraction of sp³-hybridized carbons (Fsp3) is 0.300. The fourth-order valence-corrected chi connectivity index (χ4v) is 6.26. The normalized spacial score (nSPS) is 17.5. The Labute approximate surface area is 172 Å². The predicted octanol–water partition coefficient (Wildman–Crippen LogP) is 3.76. The van der Waals surface area contributed by atoms with Gasteiger partial charge in [0.1, 0.15) is 4.21 Å². The molecule has 0 spiro atoms. The summed E-state index contributed by atoms with van der Waals surface area (Å²) in [4.78, 5) is 12.3. The van der Waals surface area contributed by atoms with Crippen molar-refractivity contribution in [2.45, 2.75) is 23.5 Å². The molecule has 29 heavy (non-hydrogen) atoms. The van der Waals surface area contributed by atoms with Crippen molar-refractivity contribution in [3.8, 4) is 10.6 Å². The van der Waals surface area contributed by atoms with Gasteiger partial charge in [0.2, 0.25) is 0 Å². The summed E-state index contributed by atoms with van der Waals surface area (Å²) < 4.78 is 38.0. The molecule has 1 saturated heterocycles. The third-order valence-corrected chi connectivity index (χ3v) is 8.27. The molecule has 1 atom stereocenters. The summed E-state index contributed by atoms with van der Waals surface area (Å²) in [6.07, 6.45) is 0.798. The Kier molecular flexibility index (Phi) is 5.53. The van der Waals surface area contributed by atoms with Crippen LogP contribution in [0.5, 0.6) is 0 Å². The van der Waals surface area contributed by atoms with Crippen LogP contribution in [0.3, 0.4) is 0 Å². The Morgan fingerprint density at radius 3 is 2.83 bits per heavy atom. The molecule has 0 aliphatic carbocycles. The van der Waals surface area contributed by atoms with E-state index in [2.05, 4.69) is 5.16 Å². The van der Waals surface area contributed by atoms with Gasteiger partial charge in [0.05, 0.1) is 11.5 Å².